The molecule has 0 saturated carbocycles. The SMILES string of the molecule is CCCCCCCCN(CCCCCCCC)c1ccc(C=c2c(C(C)(C)C)nn3c(-c4ccccc4N)nnc23)s1. The van der Waals surface area contributed by atoms with Crippen molar-refractivity contribution >= 4 is 33.7 Å². The fourth-order valence-corrected chi connectivity index (χ4v) is 6.59. The lowest BCUT2D eigenvalue weighted by atomic mass is 9.91. The summed E-state index contributed by atoms with van der Waals surface area (Å²) in [7, 11) is 0. The van der Waals surface area contributed by atoms with E-state index in [4.69, 9.17) is 10.8 Å². The summed E-state index contributed by atoms with van der Waals surface area (Å²) in [4.78, 5) is 3.86. The van der Waals surface area contributed by atoms with Crippen LogP contribution in [0.1, 0.15) is 122 Å². The highest BCUT2D eigenvalue weighted by molar-refractivity contribution is 7.16. The zero-order valence-corrected chi connectivity index (χ0v) is 27.5. The van der Waals surface area contributed by atoms with Gasteiger partial charge in [0.05, 0.1) is 10.7 Å². The van der Waals surface area contributed by atoms with Gasteiger partial charge in [-0.1, -0.05) is 111 Å². The fourth-order valence-electron chi connectivity index (χ4n) is 5.59. The van der Waals surface area contributed by atoms with Crippen LogP contribution in [0, 0.1) is 0 Å². The zero-order chi connectivity index (χ0) is 30.0. The Hall–Kier alpha value is -2.93. The molecule has 0 unspecified atom stereocenters. The van der Waals surface area contributed by atoms with E-state index in [1.165, 1.54) is 86.9 Å². The molecule has 0 aliphatic carbocycles. The summed E-state index contributed by atoms with van der Waals surface area (Å²) < 4.78 is 1.87. The molecule has 0 fully saturated rings. The number of fused-ring (bicyclic) bond motifs is 1. The molecule has 0 radical (unpaired) electrons. The standard InChI is InChI=1S/C35H52N6S/c1-6-8-10-12-14-18-24-40(25-19-15-13-11-9-7-2)31-23-22-27(42-31)26-29-32(35(3,4)5)39-41-33(37-38-34(29)41)28-20-16-17-21-30(28)36/h16-17,20-23,26H,6-15,18-19,24-25,36H2,1-5H3. The van der Waals surface area contributed by atoms with Crippen LogP contribution in [0.4, 0.5) is 10.7 Å². The van der Waals surface area contributed by atoms with Gasteiger partial charge in [-0.15, -0.1) is 21.5 Å². The summed E-state index contributed by atoms with van der Waals surface area (Å²) in [6.07, 6.45) is 18.2. The number of thiophene rings is 1. The second-order valence-electron chi connectivity index (χ2n) is 12.7. The number of hydrogen-bond acceptors (Lipinski definition) is 6. The molecule has 0 atom stereocenters. The number of rotatable bonds is 17. The van der Waals surface area contributed by atoms with E-state index < -0.39 is 0 Å². The summed E-state index contributed by atoms with van der Waals surface area (Å²) >= 11 is 1.88. The van der Waals surface area contributed by atoms with Crippen molar-refractivity contribution in [3.8, 4) is 11.4 Å². The van der Waals surface area contributed by atoms with E-state index in [-0.39, 0.29) is 5.41 Å². The maximum atomic E-state index is 6.30. The van der Waals surface area contributed by atoms with Gasteiger partial charge in [0.15, 0.2) is 11.5 Å². The first-order valence-electron chi connectivity index (χ1n) is 16.3. The van der Waals surface area contributed by atoms with Gasteiger partial charge in [0, 0.05) is 39.9 Å². The Morgan fingerprint density at radius 3 is 2.05 bits per heavy atom. The molecule has 6 nitrogen and oxygen atoms in total. The Morgan fingerprint density at radius 2 is 1.43 bits per heavy atom. The quantitative estimate of drug-likeness (QED) is 0.0985. The monoisotopic (exact) mass is 588 g/mol. The lowest BCUT2D eigenvalue weighted by Gasteiger charge is -2.23. The van der Waals surface area contributed by atoms with Crippen LogP contribution in [0.25, 0.3) is 23.1 Å². The molecule has 0 bridgehead atoms. The highest BCUT2D eigenvalue weighted by atomic mass is 32.1. The average molecular weight is 589 g/mol. The average Bonchev–Trinajstić information content (AvgIpc) is 3.68. The van der Waals surface area contributed by atoms with Crippen LogP contribution in [0.5, 0.6) is 0 Å². The highest BCUT2D eigenvalue weighted by Crippen LogP contribution is 2.29. The Labute approximate surface area is 257 Å². The van der Waals surface area contributed by atoms with E-state index in [9.17, 15) is 0 Å². The van der Waals surface area contributed by atoms with Crippen LogP contribution in [0.3, 0.4) is 0 Å². The van der Waals surface area contributed by atoms with E-state index in [2.05, 4.69) is 67.9 Å². The van der Waals surface area contributed by atoms with Gasteiger partial charge in [0.2, 0.25) is 0 Å². The number of aromatic nitrogens is 4. The van der Waals surface area contributed by atoms with Gasteiger partial charge in [0.25, 0.3) is 0 Å². The lowest BCUT2D eigenvalue weighted by Crippen LogP contribution is -2.24. The third kappa shape index (κ3) is 8.33. The van der Waals surface area contributed by atoms with Crippen LogP contribution < -0.4 is 15.9 Å². The number of nitrogens with two attached hydrogens (primary N) is 1. The second-order valence-corrected chi connectivity index (χ2v) is 13.8. The predicted octanol–water partition coefficient (Wildman–Crippen LogP) is 8.81. The maximum absolute atomic E-state index is 6.30. The number of unbranched alkanes of at least 4 members (excludes halogenated alkanes) is 10. The van der Waals surface area contributed by atoms with E-state index in [1.807, 2.05) is 40.1 Å². The highest BCUT2D eigenvalue weighted by Gasteiger charge is 2.24. The molecule has 4 aromatic rings. The molecule has 42 heavy (non-hydrogen) atoms. The van der Waals surface area contributed by atoms with Crippen LogP contribution in [-0.2, 0) is 5.41 Å². The Bertz CT molecular complexity index is 1410. The van der Waals surface area contributed by atoms with E-state index in [0.717, 1.165) is 35.2 Å². The minimum Gasteiger partial charge on any atom is -0.398 e. The first-order valence-corrected chi connectivity index (χ1v) is 17.1. The summed E-state index contributed by atoms with van der Waals surface area (Å²) in [5, 5.41) is 16.6. The first-order chi connectivity index (χ1) is 20.3. The van der Waals surface area contributed by atoms with E-state index >= 15 is 0 Å². The summed E-state index contributed by atoms with van der Waals surface area (Å²) in [6, 6.07) is 12.4. The van der Waals surface area contributed by atoms with Crippen molar-refractivity contribution in [2.24, 2.45) is 0 Å². The summed E-state index contributed by atoms with van der Waals surface area (Å²) in [5.74, 6) is 0.684. The summed E-state index contributed by atoms with van der Waals surface area (Å²) in [6.45, 7) is 13.5. The molecular weight excluding hydrogens is 536 g/mol. The van der Waals surface area contributed by atoms with Gasteiger partial charge >= 0.3 is 0 Å². The predicted molar refractivity (Wildman–Crippen MR) is 181 cm³/mol. The Kier molecular flexibility index (Phi) is 11.8. The van der Waals surface area contributed by atoms with Gasteiger partial charge < -0.3 is 10.6 Å². The van der Waals surface area contributed by atoms with Crippen LogP contribution in [-0.4, -0.2) is 32.9 Å². The van der Waals surface area contributed by atoms with Crippen molar-refractivity contribution in [1.29, 1.82) is 0 Å². The van der Waals surface area contributed by atoms with Crippen molar-refractivity contribution in [2.75, 3.05) is 23.7 Å². The lowest BCUT2D eigenvalue weighted by molar-refractivity contribution is 0.559. The molecule has 3 aromatic heterocycles. The van der Waals surface area contributed by atoms with E-state index in [1.54, 1.807) is 0 Å². The first kappa shape index (κ1) is 32.0. The van der Waals surface area contributed by atoms with Crippen molar-refractivity contribution < 1.29 is 0 Å². The van der Waals surface area contributed by atoms with Gasteiger partial charge in [-0.2, -0.15) is 9.61 Å². The molecule has 1 aromatic carbocycles. The molecule has 0 amide bonds. The van der Waals surface area contributed by atoms with Crippen molar-refractivity contribution in [1.82, 2.24) is 19.8 Å². The number of nitrogen functional groups attached to an aromatic ring is 1. The zero-order valence-electron chi connectivity index (χ0n) is 26.7. The van der Waals surface area contributed by atoms with Gasteiger partial charge in [-0.25, -0.2) is 0 Å². The minimum atomic E-state index is -0.145. The van der Waals surface area contributed by atoms with Crippen molar-refractivity contribution in [3.05, 3.63) is 52.2 Å². The molecule has 3 heterocycles. The molecule has 0 spiro atoms. The number of benzene rings is 1. The molecule has 228 valence electrons. The van der Waals surface area contributed by atoms with E-state index in [0.29, 0.717) is 11.5 Å². The largest absolute Gasteiger partial charge is 0.398 e. The molecule has 4 rings (SSSR count). The smallest absolute Gasteiger partial charge is 0.187 e. The van der Waals surface area contributed by atoms with Crippen molar-refractivity contribution in [3.63, 3.8) is 0 Å². The Balaban J connectivity index is 1.59. The molecule has 7 heteroatoms. The number of nitrogens with zero attached hydrogens (tertiary/aromatic N) is 5. The normalized spacial score (nSPS) is 12.5. The van der Waals surface area contributed by atoms with Crippen LogP contribution in [0.2, 0.25) is 0 Å². The second kappa shape index (κ2) is 15.5. The molecule has 0 saturated heterocycles. The number of anilines is 2. The third-order valence-corrected chi connectivity index (χ3v) is 9.12. The maximum Gasteiger partial charge on any atom is 0.187 e. The molecular formula is C35H52N6S. The summed E-state index contributed by atoms with van der Waals surface area (Å²) in [5.41, 5.74) is 9.49. The van der Waals surface area contributed by atoms with Crippen molar-refractivity contribution in [2.45, 2.75) is 117 Å². The van der Waals surface area contributed by atoms with Gasteiger partial charge in [0.1, 0.15) is 0 Å². The topological polar surface area (TPSA) is 72.3 Å². The molecule has 0 aliphatic rings. The van der Waals surface area contributed by atoms with Crippen LogP contribution >= 0.6 is 11.3 Å². The van der Waals surface area contributed by atoms with Gasteiger partial charge in [-0.3, -0.25) is 0 Å². The minimum absolute atomic E-state index is 0.145. The number of para-hydroxylation sites is 1. The third-order valence-electron chi connectivity index (χ3n) is 8.02. The Morgan fingerprint density at radius 1 is 0.810 bits per heavy atom. The van der Waals surface area contributed by atoms with Gasteiger partial charge in [-0.05, 0) is 43.2 Å². The molecule has 0 aliphatic heterocycles. The number of hydrogen-bond donors (Lipinski definition) is 1. The molecule has 2 N–H and O–H groups in total. The van der Waals surface area contributed by atoms with Crippen LogP contribution in [0.15, 0.2) is 36.4 Å². The fraction of sp³-hybridized carbons (Fsp3) is 0.571.